The van der Waals surface area contributed by atoms with E-state index in [0.29, 0.717) is 35.6 Å². The average molecular weight is 409 g/mol. The summed E-state index contributed by atoms with van der Waals surface area (Å²) >= 11 is 1.36. The fourth-order valence-electron chi connectivity index (χ4n) is 3.41. The number of sulfonamides is 1. The van der Waals surface area contributed by atoms with E-state index in [1.807, 2.05) is 6.92 Å². The van der Waals surface area contributed by atoms with E-state index in [-0.39, 0.29) is 17.2 Å². The van der Waals surface area contributed by atoms with Crippen LogP contribution in [0.25, 0.3) is 0 Å². The molecule has 146 valence electrons. The summed E-state index contributed by atoms with van der Waals surface area (Å²) in [6.45, 7) is 7.04. The van der Waals surface area contributed by atoms with Gasteiger partial charge in [0.15, 0.2) is 5.78 Å². The molecular formula is C18H24N4O3S2. The van der Waals surface area contributed by atoms with E-state index in [4.69, 9.17) is 0 Å². The molecule has 7 nitrogen and oxygen atoms in total. The van der Waals surface area contributed by atoms with Crippen molar-refractivity contribution in [3.63, 3.8) is 0 Å². The maximum absolute atomic E-state index is 13.0. The molecular weight excluding hydrogens is 384 g/mol. The van der Waals surface area contributed by atoms with E-state index < -0.39 is 10.0 Å². The van der Waals surface area contributed by atoms with Gasteiger partial charge in [0, 0.05) is 18.7 Å². The normalized spacial score (nSPS) is 21.1. The zero-order chi connectivity index (χ0) is 19.6. The molecule has 0 spiro atoms. The van der Waals surface area contributed by atoms with Gasteiger partial charge < -0.3 is 5.32 Å². The lowest BCUT2D eigenvalue weighted by molar-refractivity contribution is 0.101. The predicted octanol–water partition coefficient (Wildman–Crippen LogP) is 2.81. The van der Waals surface area contributed by atoms with Gasteiger partial charge in [-0.25, -0.2) is 8.42 Å². The van der Waals surface area contributed by atoms with Crippen molar-refractivity contribution in [1.82, 2.24) is 14.5 Å². The topological polar surface area (TPSA) is 92.3 Å². The quantitative estimate of drug-likeness (QED) is 0.739. The second kappa shape index (κ2) is 8.04. The van der Waals surface area contributed by atoms with Gasteiger partial charge in [0.1, 0.15) is 5.01 Å². The summed E-state index contributed by atoms with van der Waals surface area (Å²) in [7, 11) is -3.61. The van der Waals surface area contributed by atoms with Gasteiger partial charge in [-0.1, -0.05) is 37.3 Å². The number of hydrogen-bond acceptors (Lipinski definition) is 7. The first-order valence-electron chi connectivity index (χ1n) is 8.93. The van der Waals surface area contributed by atoms with E-state index in [0.717, 1.165) is 11.4 Å². The number of piperidine rings is 1. The highest BCUT2D eigenvalue weighted by Crippen LogP contribution is 2.27. The van der Waals surface area contributed by atoms with Crippen LogP contribution in [0.4, 0.5) is 5.13 Å². The molecule has 2 heterocycles. The molecule has 0 aliphatic carbocycles. The number of anilines is 1. The summed E-state index contributed by atoms with van der Waals surface area (Å²) in [5, 5.41) is 12.1. The minimum Gasteiger partial charge on any atom is -0.353 e. The van der Waals surface area contributed by atoms with Crippen LogP contribution < -0.4 is 5.32 Å². The number of nitrogens with zero attached hydrogens (tertiary/aromatic N) is 3. The summed E-state index contributed by atoms with van der Waals surface area (Å²) in [6, 6.07) is 6.27. The van der Waals surface area contributed by atoms with Crippen molar-refractivity contribution in [1.29, 1.82) is 0 Å². The van der Waals surface area contributed by atoms with E-state index in [1.54, 1.807) is 18.2 Å². The van der Waals surface area contributed by atoms with Gasteiger partial charge in [-0.2, -0.15) is 4.31 Å². The molecule has 1 saturated heterocycles. The molecule has 3 rings (SSSR count). The van der Waals surface area contributed by atoms with Crippen LogP contribution in [0, 0.1) is 18.8 Å². The lowest BCUT2D eigenvalue weighted by atomic mass is 9.94. The fraction of sp³-hybridized carbons (Fsp3) is 0.500. The number of benzene rings is 1. The number of ketones is 1. The minimum atomic E-state index is -3.61. The summed E-state index contributed by atoms with van der Waals surface area (Å²) in [5.41, 5.74) is 0.364. The summed E-state index contributed by atoms with van der Waals surface area (Å²) in [5.74, 6) is 0.459. The largest absolute Gasteiger partial charge is 0.353 e. The Morgan fingerprint density at radius 1 is 1.26 bits per heavy atom. The number of carbonyl (C=O) groups excluding carboxylic acids is 1. The van der Waals surface area contributed by atoms with Crippen molar-refractivity contribution in [2.24, 2.45) is 11.8 Å². The molecule has 2 unspecified atom stereocenters. The van der Waals surface area contributed by atoms with Crippen LogP contribution in [0.3, 0.4) is 0 Å². The van der Waals surface area contributed by atoms with E-state index in [1.165, 1.54) is 21.7 Å². The van der Waals surface area contributed by atoms with Crippen molar-refractivity contribution in [2.45, 2.75) is 32.1 Å². The van der Waals surface area contributed by atoms with Crippen molar-refractivity contribution in [2.75, 3.05) is 25.0 Å². The Morgan fingerprint density at radius 2 is 1.96 bits per heavy atom. The maximum atomic E-state index is 13.0. The highest BCUT2D eigenvalue weighted by Gasteiger charge is 2.31. The van der Waals surface area contributed by atoms with Gasteiger partial charge in [-0.05, 0) is 37.3 Å². The number of Topliss-reactive ketones (excluding diaryl/α,β-unsaturated/α-hetero) is 1. The monoisotopic (exact) mass is 408 g/mol. The Hall–Kier alpha value is -1.84. The smallest absolute Gasteiger partial charge is 0.243 e. The summed E-state index contributed by atoms with van der Waals surface area (Å²) in [4.78, 5) is 12.6. The second-order valence-electron chi connectivity index (χ2n) is 7.20. The van der Waals surface area contributed by atoms with Crippen molar-refractivity contribution < 1.29 is 13.2 Å². The first kappa shape index (κ1) is 19.9. The van der Waals surface area contributed by atoms with Crippen LogP contribution in [0.1, 0.15) is 35.6 Å². The third-order valence-corrected chi connectivity index (χ3v) is 7.18. The van der Waals surface area contributed by atoms with Crippen LogP contribution in [-0.2, 0) is 10.0 Å². The Morgan fingerprint density at radius 3 is 2.59 bits per heavy atom. The molecule has 0 radical (unpaired) electrons. The molecule has 2 atom stereocenters. The zero-order valence-electron chi connectivity index (χ0n) is 15.7. The van der Waals surface area contributed by atoms with Crippen molar-refractivity contribution >= 4 is 32.3 Å². The predicted molar refractivity (Wildman–Crippen MR) is 106 cm³/mol. The number of hydrogen-bond donors (Lipinski definition) is 1. The number of aromatic nitrogens is 2. The highest BCUT2D eigenvalue weighted by molar-refractivity contribution is 7.89. The Kier molecular flexibility index (Phi) is 5.92. The second-order valence-corrected chi connectivity index (χ2v) is 10.3. The Balaban J connectivity index is 1.75. The molecule has 9 heteroatoms. The molecule has 1 aromatic heterocycles. The van der Waals surface area contributed by atoms with Crippen LogP contribution in [0.2, 0.25) is 0 Å². The molecule has 1 N–H and O–H groups in total. The van der Waals surface area contributed by atoms with Gasteiger partial charge in [0.25, 0.3) is 0 Å². The molecule has 1 aromatic carbocycles. The summed E-state index contributed by atoms with van der Waals surface area (Å²) in [6.07, 6.45) is 1.03. The molecule has 1 fully saturated rings. The van der Waals surface area contributed by atoms with Gasteiger partial charge in [0.2, 0.25) is 15.2 Å². The van der Waals surface area contributed by atoms with Crippen LogP contribution in [-0.4, -0.2) is 48.3 Å². The third-order valence-electron chi connectivity index (χ3n) is 4.56. The molecule has 1 aliphatic rings. The van der Waals surface area contributed by atoms with Crippen LogP contribution >= 0.6 is 11.3 Å². The average Bonchev–Trinajstić information content (AvgIpc) is 3.04. The van der Waals surface area contributed by atoms with Gasteiger partial charge >= 0.3 is 0 Å². The maximum Gasteiger partial charge on any atom is 0.243 e. The molecule has 27 heavy (non-hydrogen) atoms. The first-order valence-corrected chi connectivity index (χ1v) is 11.2. The number of carbonyl (C=O) groups is 1. The molecule has 0 amide bonds. The van der Waals surface area contributed by atoms with E-state index in [2.05, 4.69) is 29.4 Å². The van der Waals surface area contributed by atoms with Crippen LogP contribution in [0.5, 0.6) is 0 Å². The fourth-order valence-corrected chi connectivity index (χ4v) is 5.72. The van der Waals surface area contributed by atoms with E-state index in [9.17, 15) is 13.2 Å². The molecule has 2 aromatic rings. The Labute approximate surface area is 163 Å². The highest BCUT2D eigenvalue weighted by atomic mass is 32.2. The van der Waals surface area contributed by atoms with E-state index >= 15 is 0 Å². The molecule has 0 saturated carbocycles. The first-order chi connectivity index (χ1) is 12.8. The standard InChI is InChI=1S/C18H24N4O3S2/c1-12-7-13(2)11-22(10-12)27(24,25)16-6-4-5-15(8-16)17(23)9-19-18-21-20-14(3)26-18/h4-6,8,12-13H,7,9-11H2,1-3H3,(H,19,21). The number of nitrogens with one attached hydrogen (secondary N) is 1. The lowest BCUT2D eigenvalue weighted by Crippen LogP contribution is -2.42. The summed E-state index contributed by atoms with van der Waals surface area (Å²) < 4.78 is 27.6. The number of aryl methyl sites for hydroxylation is 1. The third kappa shape index (κ3) is 4.72. The Bertz CT molecular complexity index is 916. The zero-order valence-corrected chi connectivity index (χ0v) is 17.3. The SMILES string of the molecule is Cc1nnc(NCC(=O)c2cccc(S(=O)(=O)N3CC(C)CC(C)C3)c2)s1. The lowest BCUT2D eigenvalue weighted by Gasteiger charge is -2.34. The van der Waals surface area contributed by atoms with Gasteiger partial charge in [-0.15, -0.1) is 10.2 Å². The van der Waals surface area contributed by atoms with Crippen molar-refractivity contribution in [3.8, 4) is 0 Å². The molecule has 1 aliphatic heterocycles. The van der Waals surface area contributed by atoms with Gasteiger partial charge in [0.05, 0.1) is 11.4 Å². The molecule has 0 bridgehead atoms. The van der Waals surface area contributed by atoms with Crippen LogP contribution in [0.15, 0.2) is 29.2 Å². The minimum absolute atomic E-state index is 0.0376. The number of rotatable bonds is 6. The van der Waals surface area contributed by atoms with Crippen molar-refractivity contribution in [3.05, 3.63) is 34.8 Å². The van der Waals surface area contributed by atoms with Gasteiger partial charge in [-0.3, -0.25) is 4.79 Å².